The van der Waals surface area contributed by atoms with Crippen LogP contribution in [0.3, 0.4) is 0 Å². The van der Waals surface area contributed by atoms with Crippen LogP contribution in [0.15, 0.2) is 35.7 Å². The number of aromatic amines is 1. The van der Waals surface area contributed by atoms with Crippen LogP contribution >= 0.6 is 11.8 Å². The first-order valence-corrected chi connectivity index (χ1v) is 7.62. The lowest BCUT2D eigenvalue weighted by Crippen LogP contribution is -2.25. The Morgan fingerprint density at radius 2 is 2.19 bits per heavy atom. The molecule has 1 amide bonds. The van der Waals surface area contributed by atoms with E-state index in [1.807, 2.05) is 24.3 Å². The SMILES string of the molecule is COCCCNC(=O)c1ccc(CSc2ncn[nH]2)cc1. The van der Waals surface area contributed by atoms with E-state index in [0.717, 1.165) is 22.9 Å². The Morgan fingerprint density at radius 1 is 1.38 bits per heavy atom. The van der Waals surface area contributed by atoms with E-state index in [9.17, 15) is 4.79 Å². The summed E-state index contributed by atoms with van der Waals surface area (Å²) in [6.45, 7) is 1.27. The van der Waals surface area contributed by atoms with Gasteiger partial charge in [-0.2, -0.15) is 5.10 Å². The molecule has 7 heteroatoms. The molecular formula is C14H18N4O2S. The van der Waals surface area contributed by atoms with Gasteiger partial charge in [-0.3, -0.25) is 9.89 Å². The number of thioether (sulfide) groups is 1. The van der Waals surface area contributed by atoms with Gasteiger partial charge in [0.15, 0.2) is 5.16 Å². The summed E-state index contributed by atoms with van der Waals surface area (Å²) in [4.78, 5) is 15.9. The van der Waals surface area contributed by atoms with Gasteiger partial charge in [0.05, 0.1) is 0 Å². The van der Waals surface area contributed by atoms with Gasteiger partial charge in [-0.25, -0.2) is 4.98 Å². The van der Waals surface area contributed by atoms with Gasteiger partial charge in [0.25, 0.3) is 5.91 Å². The normalized spacial score (nSPS) is 10.5. The van der Waals surface area contributed by atoms with E-state index in [0.29, 0.717) is 18.7 Å². The molecule has 0 fully saturated rings. The van der Waals surface area contributed by atoms with Crippen LogP contribution < -0.4 is 5.32 Å². The molecule has 0 spiro atoms. The topological polar surface area (TPSA) is 79.9 Å². The summed E-state index contributed by atoms with van der Waals surface area (Å²) in [6.07, 6.45) is 2.30. The highest BCUT2D eigenvalue weighted by Gasteiger charge is 2.05. The standard InChI is InChI=1S/C14H18N4O2S/c1-20-8-2-7-15-13(19)12-5-3-11(4-6-12)9-21-14-16-10-17-18-14/h3-6,10H,2,7-9H2,1H3,(H,15,19)(H,16,17,18). The highest BCUT2D eigenvalue weighted by atomic mass is 32.2. The van der Waals surface area contributed by atoms with Gasteiger partial charge in [0.2, 0.25) is 0 Å². The smallest absolute Gasteiger partial charge is 0.251 e. The fourth-order valence-corrected chi connectivity index (χ4v) is 2.42. The van der Waals surface area contributed by atoms with Gasteiger partial charge in [0.1, 0.15) is 6.33 Å². The minimum atomic E-state index is -0.0551. The van der Waals surface area contributed by atoms with Crippen molar-refractivity contribution >= 4 is 17.7 Å². The number of benzene rings is 1. The van der Waals surface area contributed by atoms with Crippen LogP contribution in [0.1, 0.15) is 22.3 Å². The van der Waals surface area contributed by atoms with Crippen molar-refractivity contribution in [2.45, 2.75) is 17.3 Å². The van der Waals surface area contributed by atoms with Crippen molar-refractivity contribution < 1.29 is 9.53 Å². The Balaban J connectivity index is 1.79. The number of methoxy groups -OCH3 is 1. The molecule has 2 rings (SSSR count). The molecule has 0 saturated carbocycles. The van der Waals surface area contributed by atoms with E-state index in [1.54, 1.807) is 18.9 Å². The van der Waals surface area contributed by atoms with Crippen LogP contribution in [0.4, 0.5) is 0 Å². The van der Waals surface area contributed by atoms with Gasteiger partial charge >= 0.3 is 0 Å². The summed E-state index contributed by atoms with van der Waals surface area (Å²) in [5, 5.41) is 10.2. The van der Waals surface area contributed by atoms with Gasteiger partial charge < -0.3 is 10.1 Å². The number of ether oxygens (including phenoxy) is 1. The van der Waals surface area contributed by atoms with Crippen molar-refractivity contribution in [3.8, 4) is 0 Å². The minimum absolute atomic E-state index is 0.0551. The third-order valence-electron chi connectivity index (χ3n) is 2.80. The summed E-state index contributed by atoms with van der Waals surface area (Å²) < 4.78 is 4.94. The van der Waals surface area contributed by atoms with Gasteiger partial charge in [-0.1, -0.05) is 23.9 Å². The molecule has 0 aliphatic heterocycles. The van der Waals surface area contributed by atoms with Crippen LogP contribution in [-0.4, -0.2) is 41.3 Å². The monoisotopic (exact) mass is 306 g/mol. The summed E-state index contributed by atoms with van der Waals surface area (Å²) in [7, 11) is 1.65. The number of nitrogens with zero attached hydrogens (tertiary/aromatic N) is 2. The van der Waals surface area contributed by atoms with Crippen LogP contribution in [0, 0.1) is 0 Å². The highest BCUT2D eigenvalue weighted by molar-refractivity contribution is 7.98. The number of carbonyl (C=O) groups is 1. The molecule has 0 atom stereocenters. The molecule has 21 heavy (non-hydrogen) atoms. The second-order valence-electron chi connectivity index (χ2n) is 4.38. The number of aromatic nitrogens is 3. The molecule has 2 aromatic rings. The van der Waals surface area contributed by atoms with E-state index in [2.05, 4.69) is 20.5 Å². The van der Waals surface area contributed by atoms with Gasteiger partial charge in [0, 0.05) is 31.6 Å². The van der Waals surface area contributed by atoms with Gasteiger partial charge in [-0.15, -0.1) is 0 Å². The quantitative estimate of drug-likeness (QED) is 0.575. The van der Waals surface area contributed by atoms with Crippen LogP contribution in [0.2, 0.25) is 0 Å². The highest BCUT2D eigenvalue weighted by Crippen LogP contribution is 2.18. The number of hydrogen-bond donors (Lipinski definition) is 2. The summed E-state index contributed by atoms with van der Waals surface area (Å²) >= 11 is 1.57. The Bertz CT molecular complexity index is 543. The molecule has 1 heterocycles. The molecule has 0 aliphatic carbocycles. The molecule has 112 valence electrons. The third kappa shape index (κ3) is 5.20. The maximum atomic E-state index is 11.9. The Morgan fingerprint density at radius 3 is 2.86 bits per heavy atom. The predicted molar refractivity (Wildman–Crippen MR) is 81.2 cm³/mol. The second-order valence-corrected chi connectivity index (χ2v) is 5.34. The molecule has 0 unspecified atom stereocenters. The van der Waals surface area contributed by atoms with Crippen molar-refractivity contribution in [1.29, 1.82) is 0 Å². The number of nitrogens with one attached hydrogen (secondary N) is 2. The largest absolute Gasteiger partial charge is 0.385 e. The first kappa shape index (κ1) is 15.5. The van der Waals surface area contributed by atoms with Crippen LogP contribution in [0.5, 0.6) is 0 Å². The number of rotatable bonds is 8. The maximum absolute atomic E-state index is 11.9. The zero-order valence-corrected chi connectivity index (χ0v) is 12.7. The number of amides is 1. The second kappa shape index (κ2) is 8.43. The van der Waals surface area contributed by atoms with E-state index in [-0.39, 0.29) is 5.91 Å². The molecule has 0 aliphatic rings. The molecular weight excluding hydrogens is 288 g/mol. The summed E-state index contributed by atoms with van der Waals surface area (Å²) in [6, 6.07) is 7.57. The lowest BCUT2D eigenvalue weighted by molar-refractivity contribution is 0.0948. The van der Waals surface area contributed by atoms with Crippen molar-refractivity contribution in [3.63, 3.8) is 0 Å². The van der Waals surface area contributed by atoms with E-state index in [1.165, 1.54) is 6.33 Å². The fraction of sp³-hybridized carbons (Fsp3) is 0.357. The van der Waals surface area contributed by atoms with E-state index < -0.39 is 0 Å². The number of carbonyl (C=O) groups excluding carboxylic acids is 1. The zero-order chi connectivity index (χ0) is 14.9. The van der Waals surface area contributed by atoms with Crippen molar-refractivity contribution in [2.24, 2.45) is 0 Å². The number of hydrogen-bond acceptors (Lipinski definition) is 5. The van der Waals surface area contributed by atoms with E-state index in [4.69, 9.17) is 4.74 Å². The third-order valence-corrected chi connectivity index (χ3v) is 3.74. The first-order chi connectivity index (χ1) is 10.3. The van der Waals surface area contributed by atoms with Crippen LogP contribution in [-0.2, 0) is 10.5 Å². The van der Waals surface area contributed by atoms with Crippen molar-refractivity contribution in [2.75, 3.05) is 20.3 Å². The average molecular weight is 306 g/mol. The molecule has 0 radical (unpaired) electrons. The Labute approximate surface area is 127 Å². The van der Waals surface area contributed by atoms with Crippen LogP contribution in [0.25, 0.3) is 0 Å². The lowest BCUT2D eigenvalue weighted by Gasteiger charge is -2.06. The van der Waals surface area contributed by atoms with Crippen molar-refractivity contribution in [3.05, 3.63) is 41.7 Å². The Hall–Kier alpha value is -1.86. The van der Waals surface area contributed by atoms with E-state index >= 15 is 0 Å². The predicted octanol–water partition coefficient (Wildman–Crippen LogP) is 1.86. The van der Waals surface area contributed by atoms with Gasteiger partial charge in [-0.05, 0) is 24.1 Å². The molecule has 0 saturated heterocycles. The molecule has 1 aromatic heterocycles. The first-order valence-electron chi connectivity index (χ1n) is 6.64. The molecule has 6 nitrogen and oxygen atoms in total. The Kier molecular flexibility index (Phi) is 6.23. The fourth-order valence-electron chi connectivity index (χ4n) is 1.69. The minimum Gasteiger partial charge on any atom is -0.385 e. The molecule has 2 N–H and O–H groups in total. The molecule has 1 aromatic carbocycles. The summed E-state index contributed by atoms with van der Waals surface area (Å²) in [5.74, 6) is 0.728. The lowest BCUT2D eigenvalue weighted by atomic mass is 10.1. The molecule has 0 bridgehead atoms. The number of H-pyrrole nitrogens is 1. The zero-order valence-electron chi connectivity index (χ0n) is 11.8. The van der Waals surface area contributed by atoms with Crippen molar-refractivity contribution in [1.82, 2.24) is 20.5 Å². The summed E-state index contributed by atoms with van der Waals surface area (Å²) in [5.41, 5.74) is 1.80. The average Bonchev–Trinajstić information content (AvgIpc) is 3.03. The maximum Gasteiger partial charge on any atom is 0.251 e.